The molecule has 0 aliphatic rings. The van der Waals surface area contributed by atoms with Gasteiger partial charge in [-0.3, -0.25) is 14.9 Å². The van der Waals surface area contributed by atoms with Gasteiger partial charge in [-0.15, -0.1) is 11.3 Å². The monoisotopic (exact) mass is 527 g/mol. The topological polar surface area (TPSA) is 101 Å². The highest BCUT2D eigenvalue weighted by Gasteiger charge is 2.34. The van der Waals surface area contributed by atoms with Crippen molar-refractivity contribution in [3.8, 4) is 0 Å². The van der Waals surface area contributed by atoms with E-state index in [-0.39, 0.29) is 41.2 Å². The molecule has 11 heteroatoms. The summed E-state index contributed by atoms with van der Waals surface area (Å²) in [5.41, 5.74) is -1.79. The fourth-order valence-corrected chi connectivity index (χ4v) is 4.19. The largest absolute Gasteiger partial charge is 0.463 e. The van der Waals surface area contributed by atoms with E-state index in [1.807, 2.05) is 30.3 Å². The lowest BCUT2D eigenvalue weighted by Crippen LogP contribution is -2.26. The second kappa shape index (κ2) is 11.2. The Balaban J connectivity index is 1.57. The SMILES string of the molecule is O=C(C=Cc1ccccc1)OCCCc1[nH]c2c(C(F)(F)F)cccc2c(=O)c1C(=O)Nc1nccs1. The van der Waals surface area contributed by atoms with Gasteiger partial charge in [-0.2, -0.15) is 13.2 Å². The number of para-hydroxylation sites is 1. The van der Waals surface area contributed by atoms with Gasteiger partial charge in [0, 0.05) is 28.7 Å². The number of pyridine rings is 1. The summed E-state index contributed by atoms with van der Waals surface area (Å²) < 4.78 is 46.0. The van der Waals surface area contributed by atoms with Crippen molar-refractivity contribution in [3.05, 3.63) is 98.8 Å². The van der Waals surface area contributed by atoms with Crippen molar-refractivity contribution in [2.45, 2.75) is 19.0 Å². The van der Waals surface area contributed by atoms with Crippen LogP contribution in [0, 0.1) is 0 Å². The van der Waals surface area contributed by atoms with Crippen LogP contribution in [0.5, 0.6) is 0 Å². The van der Waals surface area contributed by atoms with Gasteiger partial charge in [0.25, 0.3) is 5.91 Å². The van der Waals surface area contributed by atoms with Gasteiger partial charge in [0.05, 0.1) is 17.7 Å². The summed E-state index contributed by atoms with van der Waals surface area (Å²) in [4.78, 5) is 44.8. The molecule has 37 heavy (non-hydrogen) atoms. The normalized spacial score (nSPS) is 11.6. The number of carbonyl (C=O) groups excluding carboxylic acids is 2. The minimum Gasteiger partial charge on any atom is -0.463 e. The van der Waals surface area contributed by atoms with Gasteiger partial charge in [0.15, 0.2) is 5.13 Å². The number of aromatic nitrogens is 2. The first-order chi connectivity index (χ1) is 17.7. The number of rotatable bonds is 8. The predicted molar refractivity (Wildman–Crippen MR) is 134 cm³/mol. The lowest BCUT2D eigenvalue weighted by Gasteiger charge is -2.15. The summed E-state index contributed by atoms with van der Waals surface area (Å²) in [6.07, 6.45) is -0.280. The molecular weight excluding hydrogens is 507 g/mol. The van der Waals surface area contributed by atoms with Crippen LogP contribution in [0.1, 0.15) is 33.6 Å². The molecule has 0 radical (unpaired) electrons. The molecule has 2 aromatic heterocycles. The Morgan fingerprint density at radius 2 is 1.89 bits per heavy atom. The number of aryl methyl sites for hydroxylation is 1. The molecular formula is C26H20F3N3O4S. The summed E-state index contributed by atoms with van der Waals surface area (Å²) in [5, 5.41) is 4.10. The van der Waals surface area contributed by atoms with Crippen molar-refractivity contribution in [2.24, 2.45) is 0 Å². The number of alkyl halides is 3. The molecule has 2 aromatic carbocycles. The van der Waals surface area contributed by atoms with Gasteiger partial charge in [-0.1, -0.05) is 36.4 Å². The number of hydrogen-bond acceptors (Lipinski definition) is 6. The van der Waals surface area contributed by atoms with Crippen molar-refractivity contribution in [1.82, 2.24) is 9.97 Å². The number of anilines is 1. The van der Waals surface area contributed by atoms with Crippen molar-refractivity contribution < 1.29 is 27.5 Å². The molecule has 0 saturated carbocycles. The number of ether oxygens (including phenoxy) is 1. The van der Waals surface area contributed by atoms with Crippen molar-refractivity contribution in [3.63, 3.8) is 0 Å². The smallest absolute Gasteiger partial charge is 0.418 e. The molecule has 0 fully saturated rings. The van der Waals surface area contributed by atoms with E-state index in [0.29, 0.717) is 0 Å². The Labute approximate surface area is 212 Å². The number of fused-ring (bicyclic) bond motifs is 1. The molecule has 0 spiro atoms. The molecule has 2 N–H and O–H groups in total. The van der Waals surface area contributed by atoms with Crippen LogP contribution < -0.4 is 10.7 Å². The van der Waals surface area contributed by atoms with E-state index in [0.717, 1.165) is 29.0 Å². The zero-order valence-electron chi connectivity index (χ0n) is 19.2. The zero-order chi connectivity index (χ0) is 26.4. The molecule has 2 heterocycles. The van der Waals surface area contributed by atoms with Gasteiger partial charge in [0.2, 0.25) is 5.43 Å². The number of esters is 1. The van der Waals surface area contributed by atoms with E-state index in [9.17, 15) is 27.6 Å². The van der Waals surface area contributed by atoms with Gasteiger partial charge < -0.3 is 9.72 Å². The Kier molecular flexibility index (Phi) is 7.83. The maximum atomic E-state index is 13.6. The molecule has 4 aromatic rings. The second-order valence-electron chi connectivity index (χ2n) is 7.84. The Bertz CT molecular complexity index is 1500. The highest BCUT2D eigenvalue weighted by Crippen LogP contribution is 2.33. The highest BCUT2D eigenvalue weighted by molar-refractivity contribution is 7.13. The van der Waals surface area contributed by atoms with E-state index in [2.05, 4.69) is 15.3 Å². The average Bonchev–Trinajstić information content (AvgIpc) is 3.38. The number of hydrogen-bond donors (Lipinski definition) is 2. The number of nitrogens with zero attached hydrogens (tertiary/aromatic N) is 1. The van der Waals surface area contributed by atoms with E-state index < -0.39 is 34.6 Å². The van der Waals surface area contributed by atoms with Crippen molar-refractivity contribution in [2.75, 3.05) is 11.9 Å². The molecule has 0 aliphatic carbocycles. The molecule has 0 saturated heterocycles. The summed E-state index contributed by atoms with van der Waals surface area (Å²) in [7, 11) is 0. The van der Waals surface area contributed by atoms with E-state index in [1.165, 1.54) is 18.3 Å². The molecule has 0 unspecified atom stereocenters. The number of halogens is 3. The van der Waals surface area contributed by atoms with Crippen LogP contribution >= 0.6 is 11.3 Å². The third kappa shape index (κ3) is 6.31. The minimum absolute atomic E-state index is 0.000803. The second-order valence-corrected chi connectivity index (χ2v) is 8.73. The number of H-pyrrole nitrogens is 1. The minimum atomic E-state index is -4.72. The van der Waals surface area contributed by atoms with Crippen LogP contribution in [-0.4, -0.2) is 28.5 Å². The maximum absolute atomic E-state index is 13.6. The average molecular weight is 528 g/mol. The standard InChI is InChI=1S/C26H20F3N3O4S/c27-26(28,29)18-9-4-8-17-22(18)31-19(21(23(17)34)24(35)32-25-30-13-15-37-25)10-5-14-36-20(33)12-11-16-6-2-1-3-7-16/h1-4,6-9,11-13,15H,5,10,14H2,(H,31,34)(H,30,32,35). The number of benzene rings is 2. The summed E-state index contributed by atoms with van der Waals surface area (Å²) in [6.45, 7) is -0.0769. The van der Waals surface area contributed by atoms with Gasteiger partial charge >= 0.3 is 12.1 Å². The molecule has 0 atom stereocenters. The van der Waals surface area contributed by atoms with Crippen LogP contribution in [0.25, 0.3) is 17.0 Å². The summed E-state index contributed by atoms with van der Waals surface area (Å²) >= 11 is 1.13. The first kappa shape index (κ1) is 25.8. The quantitative estimate of drug-likeness (QED) is 0.180. The summed E-state index contributed by atoms with van der Waals surface area (Å²) in [5.74, 6) is -1.40. The van der Waals surface area contributed by atoms with Crippen LogP contribution in [-0.2, 0) is 22.1 Å². The Morgan fingerprint density at radius 1 is 1.11 bits per heavy atom. The Morgan fingerprint density at radius 3 is 2.59 bits per heavy atom. The van der Waals surface area contributed by atoms with Crippen LogP contribution in [0.15, 0.2) is 71.0 Å². The van der Waals surface area contributed by atoms with Crippen LogP contribution in [0.2, 0.25) is 0 Å². The number of amides is 1. The van der Waals surface area contributed by atoms with Crippen molar-refractivity contribution >= 4 is 45.3 Å². The van der Waals surface area contributed by atoms with Crippen LogP contribution in [0.3, 0.4) is 0 Å². The van der Waals surface area contributed by atoms with Gasteiger partial charge in [-0.25, -0.2) is 9.78 Å². The van der Waals surface area contributed by atoms with E-state index in [4.69, 9.17) is 4.74 Å². The number of thiazole rings is 1. The van der Waals surface area contributed by atoms with E-state index in [1.54, 1.807) is 11.5 Å². The van der Waals surface area contributed by atoms with Gasteiger partial charge in [0.1, 0.15) is 5.56 Å². The van der Waals surface area contributed by atoms with Crippen LogP contribution in [0.4, 0.5) is 18.3 Å². The molecule has 4 rings (SSSR count). The fraction of sp³-hybridized carbons (Fsp3) is 0.154. The first-order valence-electron chi connectivity index (χ1n) is 11.1. The summed E-state index contributed by atoms with van der Waals surface area (Å²) in [6, 6.07) is 12.3. The fourth-order valence-electron chi connectivity index (χ4n) is 3.67. The number of nitrogens with one attached hydrogen (secondary N) is 2. The highest BCUT2D eigenvalue weighted by atomic mass is 32.1. The number of carbonyl (C=O) groups is 2. The lowest BCUT2D eigenvalue weighted by molar-refractivity contribution is -0.138. The molecule has 0 aliphatic heterocycles. The van der Waals surface area contributed by atoms with E-state index >= 15 is 0 Å². The lowest BCUT2D eigenvalue weighted by atomic mass is 10.0. The first-order valence-corrected chi connectivity index (χ1v) is 12.0. The molecule has 1 amide bonds. The zero-order valence-corrected chi connectivity index (χ0v) is 20.0. The predicted octanol–water partition coefficient (Wildman–Crippen LogP) is 5.44. The third-order valence-corrected chi connectivity index (χ3v) is 6.01. The van der Waals surface area contributed by atoms with Crippen molar-refractivity contribution in [1.29, 1.82) is 0 Å². The molecule has 7 nitrogen and oxygen atoms in total. The molecule has 0 bridgehead atoms. The van der Waals surface area contributed by atoms with Gasteiger partial charge in [-0.05, 0) is 36.6 Å². The number of aromatic amines is 1. The maximum Gasteiger partial charge on any atom is 0.418 e. The molecule has 190 valence electrons. The third-order valence-electron chi connectivity index (χ3n) is 5.33. The Hall–Kier alpha value is -4.25.